The molecule has 0 radical (unpaired) electrons. The average molecular weight is 254 g/mol. The van der Waals surface area contributed by atoms with Gasteiger partial charge < -0.3 is 10.6 Å². The largest absolute Gasteiger partial charge is 0.395 e. The first-order chi connectivity index (χ1) is 8.40. The summed E-state index contributed by atoms with van der Waals surface area (Å²) in [5.74, 6) is -0.265. The minimum Gasteiger partial charge on any atom is -0.395 e. The highest BCUT2D eigenvalue weighted by Crippen LogP contribution is 2.35. The van der Waals surface area contributed by atoms with Gasteiger partial charge in [0, 0.05) is 18.7 Å². The zero-order valence-corrected chi connectivity index (χ0v) is 11.1. The van der Waals surface area contributed by atoms with Crippen molar-refractivity contribution in [3.8, 4) is 0 Å². The summed E-state index contributed by atoms with van der Waals surface area (Å²) in [7, 11) is 0. The molecule has 3 unspecified atom stereocenters. The van der Waals surface area contributed by atoms with Crippen LogP contribution in [0.5, 0.6) is 0 Å². The molecule has 3 atom stereocenters. The van der Waals surface area contributed by atoms with Crippen molar-refractivity contribution in [3.05, 3.63) is 23.8 Å². The Bertz CT molecular complexity index is 448. The van der Waals surface area contributed by atoms with Gasteiger partial charge in [-0.2, -0.15) is 0 Å². The van der Waals surface area contributed by atoms with Crippen molar-refractivity contribution in [2.24, 2.45) is 11.8 Å². The molecule has 100 valence electrons. The summed E-state index contributed by atoms with van der Waals surface area (Å²) in [6, 6.07) is 2.41. The van der Waals surface area contributed by atoms with Gasteiger partial charge >= 0.3 is 0 Å². The van der Waals surface area contributed by atoms with Crippen LogP contribution in [0.15, 0.2) is 12.1 Å². The molecule has 1 aliphatic heterocycles. The standard InChI is InChI=1S/C14H20F2N2/c1-8-4-9(2)10(3)18(7-8)13-6-11(15)5-12(16)14(13)17/h5-6,8-10H,4,7,17H2,1-3H3. The Morgan fingerprint density at radius 2 is 1.89 bits per heavy atom. The smallest absolute Gasteiger partial charge is 0.151 e. The quantitative estimate of drug-likeness (QED) is 0.778. The third kappa shape index (κ3) is 2.28. The summed E-state index contributed by atoms with van der Waals surface area (Å²) >= 11 is 0. The van der Waals surface area contributed by atoms with E-state index < -0.39 is 11.6 Å². The van der Waals surface area contributed by atoms with Crippen molar-refractivity contribution < 1.29 is 8.78 Å². The fraction of sp³-hybridized carbons (Fsp3) is 0.571. The SMILES string of the molecule is CC1CC(C)C(C)N(c2cc(F)cc(F)c2N)C1. The van der Waals surface area contributed by atoms with Gasteiger partial charge in [0.05, 0.1) is 11.4 Å². The van der Waals surface area contributed by atoms with E-state index in [-0.39, 0.29) is 11.7 Å². The Morgan fingerprint density at radius 3 is 2.56 bits per heavy atom. The Kier molecular flexibility index (Phi) is 3.46. The van der Waals surface area contributed by atoms with Crippen molar-refractivity contribution >= 4 is 11.4 Å². The first-order valence-electron chi connectivity index (χ1n) is 6.41. The number of hydrogen-bond acceptors (Lipinski definition) is 2. The van der Waals surface area contributed by atoms with E-state index in [0.29, 0.717) is 17.5 Å². The molecule has 1 aromatic rings. The maximum absolute atomic E-state index is 13.5. The van der Waals surface area contributed by atoms with Gasteiger partial charge in [0.15, 0.2) is 5.82 Å². The predicted molar refractivity (Wildman–Crippen MR) is 70.5 cm³/mol. The molecule has 0 spiro atoms. The average Bonchev–Trinajstić information content (AvgIpc) is 2.28. The van der Waals surface area contributed by atoms with Gasteiger partial charge in [-0.3, -0.25) is 0 Å². The van der Waals surface area contributed by atoms with Crippen molar-refractivity contribution in [1.29, 1.82) is 0 Å². The maximum Gasteiger partial charge on any atom is 0.151 e. The second-order valence-corrected chi connectivity index (χ2v) is 5.53. The number of nitrogens with two attached hydrogens (primary N) is 1. The molecule has 0 saturated carbocycles. The minimum absolute atomic E-state index is 0.0459. The molecule has 2 rings (SSSR count). The van der Waals surface area contributed by atoms with Gasteiger partial charge in [-0.05, 0) is 31.2 Å². The fourth-order valence-electron chi connectivity index (χ4n) is 2.84. The van der Waals surface area contributed by atoms with Gasteiger partial charge in [0.25, 0.3) is 0 Å². The molecular weight excluding hydrogens is 234 g/mol. The second-order valence-electron chi connectivity index (χ2n) is 5.53. The first-order valence-corrected chi connectivity index (χ1v) is 6.41. The van der Waals surface area contributed by atoms with Gasteiger partial charge in [0.2, 0.25) is 0 Å². The van der Waals surface area contributed by atoms with E-state index in [1.54, 1.807) is 0 Å². The number of rotatable bonds is 1. The monoisotopic (exact) mass is 254 g/mol. The highest BCUT2D eigenvalue weighted by Gasteiger charge is 2.30. The Hall–Kier alpha value is -1.32. The zero-order valence-electron chi connectivity index (χ0n) is 11.1. The summed E-state index contributed by atoms with van der Waals surface area (Å²) in [6.45, 7) is 7.19. The van der Waals surface area contributed by atoms with Crippen LogP contribution in [-0.2, 0) is 0 Å². The van der Waals surface area contributed by atoms with Gasteiger partial charge in [0.1, 0.15) is 5.82 Å². The van der Waals surface area contributed by atoms with Crippen LogP contribution in [0.3, 0.4) is 0 Å². The maximum atomic E-state index is 13.5. The van der Waals surface area contributed by atoms with Crippen LogP contribution in [0.25, 0.3) is 0 Å². The molecule has 2 N–H and O–H groups in total. The van der Waals surface area contributed by atoms with Gasteiger partial charge in [-0.15, -0.1) is 0 Å². The molecular formula is C14H20F2N2. The lowest BCUT2D eigenvalue weighted by Gasteiger charge is -2.43. The zero-order chi connectivity index (χ0) is 13.4. The normalized spacial score (nSPS) is 28.5. The van der Waals surface area contributed by atoms with E-state index in [4.69, 9.17) is 5.73 Å². The topological polar surface area (TPSA) is 29.3 Å². The summed E-state index contributed by atoms with van der Waals surface area (Å²) in [5.41, 5.74) is 6.28. The van der Waals surface area contributed by atoms with E-state index in [0.717, 1.165) is 19.0 Å². The third-order valence-electron chi connectivity index (χ3n) is 3.98. The van der Waals surface area contributed by atoms with E-state index >= 15 is 0 Å². The van der Waals surface area contributed by atoms with Crippen molar-refractivity contribution in [3.63, 3.8) is 0 Å². The molecule has 0 amide bonds. The van der Waals surface area contributed by atoms with Crippen LogP contribution >= 0.6 is 0 Å². The number of benzene rings is 1. The number of piperidine rings is 1. The first kappa shape index (κ1) is 13.1. The number of hydrogen-bond donors (Lipinski definition) is 1. The van der Waals surface area contributed by atoms with Crippen LogP contribution in [0, 0.1) is 23.5 Å². The van der Waals surface area contributed by atoms with Gasteiger partial charge in [-0.1, -0.05) is 13.8 Å². The summed E-state index contributed by atoms with van der Waals surface area (Å²) in [5, 5.41) is 0. The van der Waals surface area contributed by atoms with E-state index in [2.05, 4.69) is 20.8 Å². The molecule has 1 saturated heterocycles. The van der Waals surface area contributed by atoms with E-state index in [1.165, 1.54) is 6.07 Å². The Morgan fingerprint density at radius 1 is 1.22 bits per heavy atom. The molecule has 0 bridgehead atoms. The molecule has 1 aromatic carbocycles. The van der Waals surface area contributed by atoms with Crippen LogP contribution in [0.1, 0.15) is 27.2 Å². The highest BCUT2D eigenvalue weighted by atomic mass is 19.1. The lowest BCUT2D eigenvalue weighted by molar-refractivity contribution is 0.297. The summed E-state index contributed by atoms with van der Waals surface area (Å²) < 4.78 is 26.9. The van der Waals surface area contributed by atoms with Crippen molar-refractivity contribution in [2.45, 2.75) is 33.2 Å². The lowest BCUT2D eigenvalue weighted by atomic mass is 9.85. The van der Waals surface area contributed by atoms with Crippen LogP contribution < -0.4 is 10.6 Å². The molecule has 1 fully saturated rings. The van der Waals surface area contributed by atoms with Crippen LogP contribution in [0.2, 0.25) is 0 Å². The molecule has 2 nitrogen and oxygen atoms in total. The molecule has 0 aromatic heterocycles. The lowest BCUT2D eigenvalue weighted by Crippen LogP contribution is -2.46. The molecule has 1 heterocycles. The van der Waals surface area contributed by atoms with Gasteiger partial charge in [-0.25, -0.2) is 8.78 Å². The van der Waals surface area contributed by atoms with Crippen molar-refractivity contribution in [2.75, 3.05) is 17.2 Å². The fourth-order valence-corrected chi connectivity index (χ4v) is 2.84. The molecule has 4 heteroatoms. The van der Waals surface area contributed by atoms with E-state index in [9.17, 15) is 8.78 Å². The number of nitrogens with zero attached hydrogens (tertiary/aromatic N) is 1. The second kappa shape index (κ2) is 4.75. The number of nitrogen functional groups attached to an aromatic ring is 1. The highest BCUT2D eigenvalue weighted by molar-refractivity contribution is 5.69. The Labute approximate surface area is 107 Å². The number of anilines is 2. The predicted octanol–water partition coefficient (Wildman–Crippen LogP) is 3.42. The molecule has 0 aliphatic carbocycles. The minimum atomic E-state index is -0.678. The number of halogens is 2. The van der Waals surface area contributed by atoms with Crippen LogP contribution in [-0.4, -0.2) is 12.6 Å². The Balaban J connectivity index is 2.41. The third-order valence-corrected chi connectivity index (χ3v) is 3.98. The summed E-state index contributed by atoms with van der Waals surface area (Å²) in [4.78, 5) is 2.03. The molecule has 18 heavy (non-hydrogen) atoms. The van der Waals surface area contributed by atoms with E-state index in [1.807, 2.05) is 4.90 Å². The molecule has 1 aliphatic rings. The van der Waals surface area contributed by atoms with Crippen molar-refractivity contribution in [1.82, 2.24) is 0 Å². The van der Waals surface area contributed by atoms with Crippen LogP contribution in [0.4, 0.5) is 20.2 Å². The summed E-state index contributed by atoms with van der Waals surface area (Å²) in [6.07, 6.45) is 1.13.